The Bertz CT molecular complexity index is 602. The summed E-state index contributed by atoms with van der Waals surface area (Å²) >= 11 is 11.4. The molecule has 2 aromatic carbocycles. The first-order valence-electron chi connectivity index (χ1n) is 5.62. The van der Waals surface area contributed by atoms with Gasteiger partial charge in [0.1, 0.15) is 11.6 Å². The molecule has 1 unspecified atom stereocenters. The summed E-state index contributed by atoms with van der Waals surface area (Å²) in [4.78, 5) is 0. The van der Waals surface area contributed by atoms with Gasteiger partial charge in [-0.05, 0) is 30.2 Å². The average Bonchev–Trinajstić information content (AvgIpc) is 2.34. The molecule has 0 aliphatic carbocycles. The van der Waals surface area contributed by atoms with Crippen molar-refractivity contribution in [1.82, 2.24) is 0 Å². The third-order valence-corrected chi connectivity index (χ3v) is 3.36. The van der Waals surface area contributed by atoms with Crippen LogP contribution in [0.15, 0.2) is 36.4 Å². The van der Waals surface area contributed by atoms with Gasteiger partial charge in [0.25, 0.3) is 0 Å². The van der Waals surface area contributed by atoms with Gasteiger partial charge in [0, 0.05) is 16.6 Å². The van der Waals surface area contributed by atoms with E-state index in [4.69, 9.17) is 28.9 Å². The van der Waals surface area contributed by atoms with Crippen LogP contribution in [0.5, 0.6) is 0 Å². The van der Waals surface area contributed by atoms with E-state index in [1.807, 2.05) is 0 Å². The van der Waals surface area contributed by atoms with Gasteiger partial charge in [-0.1, -0.05) is 41.4 Å². The lowest BCUT2D eigenvalue weighted by Gasteiger charge is -2.14. The molecule has 1 atom stereocenters. The second kappa shape index (κ2) is 5.87. The van der Waals surface area contributed by atoms with Crippen molar-refractivity contribution in [2.75, 3.05) is 0 Å². The van der Waals surface area contributed by atoms with Gasteiger partial charge in [-0.15, -0.1) is 0 Å². The molecule has 0 radical (unpaired) electrons. The fourth-order valence-corrected chi connectivity index (χ4v) is 2.21. The highest BCUT2D eigenvalue weighted by molar-refractivity contribution is 6.31. The van der Waals surface area contributed by atoms with E-state index in [1.165, 1.54) is 18.2 Å². The Labute approximate surface area is 119 Å². The average molecular weight is 302 g/mol. The Morgan fingerprint density at radius 3 is 2.53 bits per heavy atom. The fraction of sp³-hybridized carbons (Fsp3) is 0.143. The Kier molecular flexibility index (Phi) is 4.40. The molecule has 0 fully saturated rings. The highest BCUT2D eigenvalue weighted by Crippen LogP contribution is 2.25. The van der Waals surface area contributed by atoms with Crippen molar-refractivity contribution >= 4 is 23.2 Å². The van der Waals surface area contributed by atoms with Crippen LogP contribution in [-0.2, 0) is 6.42 Å². The molecule has 0 amide bonds. The predicted octanol–water partition coefficient (Wildman–Crippen LogP) is 4.51. The highest BCUT2D eigenvalue weighted by atomic mass is 35.5. The minimum absolute atomic E-state index is 0.0290. The molecule has 5 heteroatoms. The fourth-order valence-electron chi connectivity index (χ4n) is 1.86. The summed E-state index contributed by atoms with van der Waals surface area (Å²) in [5.74, 6) is -1.02. The van der Waals surface area contributed by atoms with E-state index in [9.17, 15) is 8.78 Å². The summed E-state index contributed by atoms with van der Waals surface area (Å²) in [6, 6.07) is 8.24. The summed E-state index contributed by atoms with van der Waals surface area (Å²) in [7, 11) is 0. The van der Waals surface area contributed by atoms with E-state index in [0.717, 1.165) is 0 Å². The van der Waals surface area contributed by atoms with E-state index in [0.29, 0.717) is 16.1 Å². The van der Waals surface area contributed by atoms with Crippen LogP contribution < -0.4 is 5.73 Å². The molecule has 2 aromatic rings. The van der Waals surface area contributed by atoms with Gasteiger partial charge in [0.2, 0.25) is 0 Å². The quantitative estimate of drug-likeness (QED) is 0.886. The molecule has 1 nitrogen and oxygen atoms in total. The van der Waals surface area contributed by atoms with Crippen LogP contribution in [-0.4, -0.2) is 0 Å². The maximum absolute atomic E-state index is 13.7. The topological polar surface area (TPSA) is 26.0 Å². The largest absolute Gasteiger partial charge is 0.324 e. The molecular weight excluding hydrogens is 291 g/mol. The number of benzene rings is 2. The summed E-state index contributed by atoms with van der Waals surface area (Å²) < 4.78 is 27.4. The van der Waals surface area contributed by atoms with Gasteiger partial charge in [-0.25, -0.2) is 8.78 Å². The first-order chi connectivity index (χ1) is 8.99. The molecule has 0 heterocycles. The number of halogens is 4. The SMILES string of the molecule is NC(Cc1cccc(Cl)c1F)c1ccc(Cl)cc1F. The normalized spacial score (nSPS) is 12.5. The molecule has 0 bridgehead atoms. The third-order valence-electron chi connectivity index (χ3n) is 2.83. The molecule has 0 saturated carbocycles. The molecular formula is C14H11Cl2F2N. The molecule has 0 aliphatic heterocycles. The van der Waals surface area contributed by atoms with Crippen molar-refractivity contribution in [1.29, 1.82) is 0 Å². The van der Waals surface area contributed by atoms with Crippen LogP contribution >= 0.6 is 23.2 Å². The summed E-state index contributed by atoms with van der Waals surface area (Å²) in [6.45, 7) is 0. The molecule has 100 valence electrons. The van der Waals surface area contributed by atoms with Gasteiger partial charge in [0.05, 0.1) is 5.02 Å². The van der Waals surface area contributed by atoms with Crippen molar-refractivity contribution in [3.8, 4) is 0 Å². The molecule has 0 spiro atoms. The second-order valence-corrected chi connectivity index (χ2v) is 5.03. The van der Waals surface area contributed by atoms with Gasteiger partial charge >= 0.3 is 0 Å². The second-order valence-electron chi connectivity index (χ2n) is 4.19. The lowest BCUT2D eigenvalue weighted by molar-refractivity contribution is 0.563. The van der Waals surface area contributed by atoms with Gasteiger partial charge in [-0.3, -0.25) is 0 Å². The third kappa shape index (κ3) is 3.24. The van der Waals surface area contributed by atoms with E-state index < -0.39 is 17.7 Å². The van der Waals surface area contributed by atoms with E-state index in [-0.39, 0.29) is 11.4 Å². The predicted molar refractivity (Wildman–Crippen MR) is 73.5 cm³/mol. The lowest BCUT2D eigenvalue weighted by Crippen LogP contribution is -2.15. The Hall–Kier alpha value is -1.16. The Morgan fingerprint density at radius 1 is 1.11 bits per heavy atom. The van der Waals surface area contributed by atoms with Crippen molar-refractivity contribution < 1.29 is 8.78 Å². The van der Waals surface area contributed by atoms with Crippen molar-refractivity contribution in [3.05, 3.63) is 69.2 Å². The zero-order valence-corrected chi connectivity index (χ0v) is 11.3. The van der Waals surface area contributed by atoms with Crippen LogP contribution in [0, 0.1) is 11.6 Å². The number of nitrogens with two attached hydrogens (primary N) is 1. The van der Waals surface area contributed by atoms with Crippen LogP contribution in [0.25, 0.3) is 0 Å². The van der Waals surface area contributed by atoms with Gasteiger partial charge in [0.15, 0.2) is 0 Å². The molecule has 0 aromatic heterocycles. The van der Waals surface area contributed by atoms with Crippen LogP contribution in [0.3, 0.4) is 0 Å². The highest BCUT2D eigenvalue weighted by Gasteiger charge is 2.15. The minimum atomic E-state index is -0.662. The van der Waals surface area contributed by atoms with Crippen LogP contribution in [0.4, 0.5) is 8.78 Å². The molecule has 2 N–H and O–H groups in total. The lowest BCUT2D eigenvalue weighted by atomic mass is 9.99. The zero-order chi connectivity index (χ0) is 14.0. The smallest absolute Gasteiger partial charge is 0.145 e. The summed E-state index contributed by atoms with van der Waals surface area (Å²) in [5.41, 5.74) is 6.56. The van der Waals surface area contributed by atoms with Gasteiger partial charge < -0.3 is 5.73 Å². The first-order valence-corrected chi connectivity index (χ1v) is 6.38. The Morgan fingerprint density at radius 2 is 1.84 bits per heavy atom. The molecule has 0 aliphatic rings. The maximum atomic E-state index is 13.7. The van der Waals surface area contributed by atoms with E-state index in [1.54, 1.807) is 18.2 Å². The molecule has 0 saturated heterocycles. The zero-order valence-electron chi connectivity index (χ0n) is 9.84. The Balaban J connectivity index is 2.25. The number of hydrogen-bond donors (Lipinski definition) is 1. The van der Waals surface area contributed by atoms with Crippen LogP contribution in [0.1, 0.15) is 17.2 Å². The maximum Gasteiger partial charge on any atom is 0.145 e. The summed E-state index contributed by atoms with van der Waals surface area (Å²) in [5, 5.41) is 0.323. The monoisotopic (exact) mass is 301 g/mol. The van der Waals surface area contributed by atoms with Crippen molar-refractivity contribution in [3.63, 3.8) is 0 Å². The van der Waals surface area contributed by atoms with Crippen molar-refractivity contribution in [2.24, 2.45) is 5.73 Å². The first kappa shape index (κ1) is 14.3. The van der Waals surface area contributed by atoms with E-state index in [2.05, 4.69) is 0 Å². The molecule has 2 rings (SSSR count). The van der Waals surface area contributed by atoms with Crippen molar-refractivity contribution in [2.45, 2.75) is 12.5 Å². The molecule has 19 heavy (non-hydrogen) atoms. The standard InChI is InChI=1S/C14H11Cl2F2N/c15-9-4-5-10(12(17)7-9)13(19)6-8-2-1-3-11(16)14(8)18/h1-5,7,13H,6,19H2. The minimum Gasteiger partial charge on any atom is -0.324 e. The number of rotatable bonds is 3. The number of hydrogen-bond acceptors (Lipinski definition) is 1. The van der Waals surface area contributed by atoms with Gasteiger partial charge in [-0.2, -0.15) is 0 Å². The summed E-state index contributed by atoms with van der Waals surface area (Å²) in [6.07, 6.45) is 0.158. The van der Waals surface area contributed by atoms with E-state index >= 15 is 0 Å². The van der Waals surface area contributed by atoms with Crippen LogP contribution in [0.2, 0.25) is 10.0 Å².